The lowest BCUT2D eigenvalue weighted by atomic mass is 10.1. The fraction of sp³-hybridized carbons (Fsp3) is 0.375. The first kappa shape index (κ1) is 33.9. The van der Waals surface area contributed by atoms with Crippen molar-refractivity contribution in [2.75, 3.05) is 17.5 Å². The summed E-state index contributed by atoms with van der Waals surface area (Å²) in [5.41, 5.74) is 0.709. The van der Waals surface area contributed by atoms with Crippen molar-refractivity contribution in [2.24, 2.45) is 0 Å². The minimum absolute atomic E-state index is 0.0306. The molecule has 1 aliphatic carbocycles. The molecule has 0 bridgehead atoms. The summed E-state index contributed by atoms with van der Waals surface area (Å²) in [5.74, 6) is -0.346. The number of amides is 2. The molecule has 4 rings (SSSR count). The summed E-state index contributed by atoms with van der Waals surface area (Å²) in [7, 11) is -4.25. The molecule has 1 N–H and O–H groups in total. The maximum Gasteiger partial charge on any atom is 0.264 e. The smallest absolute Gasteiger partial charge is 0.264 e. The molecule has 0 spiro atoms. The van der Waals surface area contributed by atoms with Crippen LogP contribution in [-0.4, -0.2) is 50.4 Å². The summed E-state index contributed by atoms with van der Waals surface area (Å²) in [4.78, 5) is 29.2. The van der Waals surface area contributed by atoms with Crippen LogP contribution in [0.2, 0.25) is 15.1 Å². The molecule has 0 radical (unpaired) electrons. The van der Waals surface area contributed by atoms with Crippen molar-refractivity contribution >= 4 is 62.3 Å². The van der Waals surface area contributed by atoms with Crippen LogP contribution in [0.5, 0.6) is 5.75 Å². The fourth-order valence-corrected chi connectivity index (χ4v) is 7.34. The quantitative estimate of drug-likeness (QED) is 0.208. The number of carbonyl (C=O) groups excluding carboxylic acids is 2. The molecule has 2 amide bonds. The lowest BCUT2D eigenvalue weighted by Crippen LogP contribution is -2.53. The van der Waals surface area contributed by atoms with Gasteiger partial charge in [0.1, 0.15) is 18.3 Å². The second-order valence-corrected chi connectivity index (χ2v) is 13.6. The van der Waals surface area contributed by atoms with Crippen LogP contribution in [0.4, 0.5) is 5.69 Å². The molecule has 1 atom stereocenters. The van der Waals surface area contributed by atoms with Gasteiger partial charge in [0.25, 0.3) is 10.0 Å². The Morgan fingerprint density at radius 3 is 2.11 bits per heavy atom. The summed E-state index contributed by atoms with van der Waals surface area (Å²) in [6, 6.07) is 16.3. The molecule has 0 aliphatic heterocycles. The first-order valence-corrected chi connectivity index (χ1v) is 17.2. The zero-order chi connectivity index (χ0) is 31.9. The Balaban J connectivity index is 1.74. The number of ether oxygens (including phenoxy) is 1. The zero-order valence-electron chi connectivity index (χ0n) is 24.6. The van der Waals surface area contributed by atoms with Crippen molar-refractivity contribution in [1.29, 1.82) is 0 Å². The molecule has 236 valence electrons. The molecule has 0 aromatic heterocycles. The zero-order valence-corrected chi connectivity index (χ0v) is 27.7. The second-order valence-electron chi connectivity index (χ2n) is 10.5. The molecule has 1 aliphatic rings. The highest BCUT2D eigenvalue weighted by Gasteiger charge is 2.35. The van der Waals surface area contributed by atoms with Gasteiger partial charge in [0.05, 0.1) is 17.2 Å². The van der Waals surface area contributed by atoms with Gasteiger partial charge in [0, 0.05) is 33.2 Å². The maximum absolute atomic E-state index is 14.3. The third-order valence-electron chi connectivity index (χ3n) is 7.59. The van der Waals surface area contributed by atoms with Crippen molar-refractivity contribution in [3.63, 3.8) is 0 Å². The van der Waals surface area contributed by atoms with Gasteiger partial charge in [-0.2, -0.15) is 0 Å². The number of hydrogen-bond acceptors (Lipinski definition) is 5. The standard InChI is InChI=1S/C32H36Cl3N3O5S/c1-3-30(32(40)36-23-8-5-6-9-23)37(20-27-28(34)10-7-11-29(27)35)31(39)21-38(24-14-16-25(17-15-24)43-4-2)44(41,42)26-18-12-22(33)13-19-26/h7,10-19,23,30H,3-6,8-9,20-21H2,1-2H3,(H,36,40)/t30-/m1/s1. The average molecular weight is 681 g/mol. The molecular weight excluding hydrogens is 645 g/mol. The second kappa shape index (κ2) is 15.3. The summed E-state index contributed by atoms with van der Waals surface area (Å²) in [6.07, 6.45) is 4.09. The molecule has 1 fully saturated rings. The first-order chi connectivity index (χ1) is 21.0. The molecule has 44 heavy (non-hydrogen) atoms. The number of hydrogen-bond donors (Lipinski definition) is 1. The topological polar surface area (TPSA) is 96.0 Å². The minimum Gasteiger partial charge on any atom is -0.494 e. The van der Waals surface area contributed by atoms with E-state index in [2.05, 4.69) is 5.32 Å². The predicted octanol–water partition coefficient (Wildman–Crippen LogP) is 7.11. The minimum atomic E-state index is -4.25. The van der Waals surface area contributed by atoms with E-state index in [0.29, 0.717) is 39.4 Å². The van der Waals surface area contributed by atoms with Gasteiger partial charge in [-0.05, 0) is 86.8 Å². The van der Waals surface area contributed by atoms with Crippen molar-refractivity contribution < 1.29 is 22.7 Å². The summed E-state index contributed by atoms with van der Waals surface area (Å²) in [5, 5.41) is 4.12. The number of benzene rings is 3. The van der Waals surface area contributed by atoms with E-state index in [1.54, 1.807) is 42.5 Å². The average Bonchev–Trinajstić information content (AvgIpc) is 3.51. The molecule has 0 saturated heterocycles. The number of carbonyl (C=O) groups is 2. The lowest BCUT2D eigenvalue weighted by molar-refractivity contribution is -0.140. The van der Waals surface area contributed by atoms with E-state index in [-0.39, 0.29) is 29.1 Å². The number of sulfonamides is 1. The van der Waals surface area contributed by atoms with Gasteiger partial charge in [-0.25, -0.2) is 8.42 Å². The van der Waals surface area contributed by atoms with Crippen LogP contribution in [0.25, 0.3) is 0 Å². The van der Waals surface area contributed by atoms with Crippen LogP contribution >= 0.6 is 34.8 Å². The third kappa shape index (κ3) is 8.18. The molecule has 3 aromatic rings. The number of rotatable bonds is 13. The monoisotopic (exact) mass is 679 g/mol. The van der Waals surface area contributed by atoms with E-state index in [1.165, 1.54) is 29.2 Å². The summed E-state index contributed by atoms with van der Waals surface area (Å²) >= 11 is 19.0. The van der Waals surface area contributed by atoms with E-state index in [9.17, 15) is 18.0 Å². The Kier molecular flexibility index (Phi) is 11.8. The van der Waals surface area contributed by atoms with E-state index in [0.717, 1.165) is 30.0 Å². The summed E-state index contributed by atoms with van der Waals surface area (Å²) in [6.45, 7) is 3.41. The van der Waals surface area contributed by atoms with Gasteiger partial charge in [0.15, 0.2) is 0 Å². The molecule has 1 saturated carbocycles. The van der Waals surface area contributed by atoms with Gasteiger partial charge < -0.3 is 15.0 Å². The van der Waals surface area contributed by atoms with Crippen LogP contribution in [0.3, 0.4) is 0 Å². The Morgan fingerprint density at radius 1 is 0.932 bits per heavy atom. The Morgan fingerprint density at radius 2 is 1.55 bits per heavy atom. The van der Waals surface area contributed by atoms with Gasteiger partial charge in [-0.1, -0.05) is 60.6 Å². The number of nitrogens with zero attached hydrogens (tertiary/aromatic N) is 2. The molecule has 0 heterocycles. The molecular formula is C32H36Cl3N3O5S. The van der Waals surface area contributed by atoms with Crippen LogP contribution in [0, 0.1) is 0 Å². The van der Waals surface area contributed by atoms with Crippen molar-refractivity contribution in [3.8, 4) is 5.75 Å². The Labute approximate surface area is 274 Å². The first-order valence-electron chi connectivity index (χ1n) is 14.6. The van der Waals surface area contributed by atoms with Gasteiger partial charge in [-0.15, -0.1) is 0 Å². The third-order valence-corrected chi connectivity index (χ3v) is 10.3. The van der Waals surface area contributed by atoms with Crippen molar-refractivity contribution in [2.45, 2.75) is 69.5 Å². The molecule has 8 nitrogen and oxygen atoms in total. The Hall–Kier alpha value is -2.98. The predicted molar refractivity (Wildman–Crippen MR) is 175 cm³/mol. The largest absolute Gasteiger partial charge is 0.494 e. The highest BCUT2D eigenvalue weighted by molar-refractivity contribution is 7.92. The van der Waals surface area contributed by atoms with Crippen molar-refractivity contribution in [3.05, 3.63) is 87.4 Å². The Bertz CT molecular complexity index is 1530. The van der Waals surface area contributed by atoms with Crippen molar-refractivity contribution in [1.82, 2.24) is 10.2 Å². The van der Waals surface area contributed by atoms with E-state index < -0.39 is 28.5 Å². The fourth-order valence-electron chi connectivity index (χ4n) is 5.28. The van der Waals surface area contributed by atoms with E-state index >= 15 is 0 Å². The lowest BCUT2D eigenvalue weighted by Gasteiger charge is -2.34. The van der Waals surface area contributed by atoms with Crippen LogP contribution in [0.1, 0.15) is 51.5 Å². The van der Waals surface area contributed by atoms with E-state index in [4.69, 9.17) is 39.5 Å². The number of nitrogens with one attached hydrogen (secondary N) is 1. The highest BCUT2D eigenvalue weighted by Crippen LogP contribution is 2.30. The maximum atomic E-state index is 14.3. The number of halogens is 3. The van der Waals surface area contributed by atoms with Gasteiger partial charge >= 0.3 is 0 Å². The van der Waals surface area contributed by atoms with Crippen LogP contribution < -0.4 is 14.4 Å². The van der Waals surface area contributed by atoms with Crippen LogP contribution in [0.15, 0.2) is 71.6 Å². The summed E-state index contributed by atoms with van der Waals surface area (Å²) < 4.78 is 34.6. The van der Waals surface area contributed by atoms with Gasteiger partial charge in [-0.3, -0.25) is 13.9 Å². The van der Waals surface area contributed by atoms with Crippen LogP contribution in [-0.2, 0) is 26.2 Å². The SMILES string of the molecule is CCOc1ccc(N(CC(=O)N(Cc2c(Cl)cccc2Cl)[C@H](CC)C(=O)NC2CCCC2)S(=O)(=O)c2ccc(Cl)cc2)cc1. The molecule has 3 aromatic carbocycles. The van der Waals surface area contributed by atoms with Gasteiger partial charge in [0.2, 0.25) is 11.8 Å². The normalized spacial score (nSPS) is 14.2. The highest BCUT2D eigenvalue weighted by atomic mass is 35.5. The molecule has 12 heteroatoms. The number of anilines is 1. The van der Waals surface area contributed by atoms with E-state index in [1.807, 2.05) is 13.8 Å². The molecule has 0 unspecified atom stereocenters.